The van der Waals surface area contributed by atoms with Crippen LogP contribution in [-0.4, -0.2) is 19.2 Å². The van der Waals surface area contributed by atoms with Crippen molar-refractivity contribution in [1.82, 2.24) is 5.32 Å². The van der Waals surface area contributed by atoms with Crippen LogP contribution in [0.2, 0.25) is 0 Å². The molecule has 0 aromatic heterocycles. The Bertz CT molecular complexity index is 766. The maximum absolute atomic E-state index is 12.7. The van der Waals surface area contributed by atoms with E-state index in [1.54, 1.807) is 12.0 Å². The van der Waals surface area contributed by atoms with Gasteiger partial charge in [-0.2, -0.15) is 0 Å². The number of benzene rings is 2. The number of anilines is 1. The minimum absolute atomic E-state index is 0.0643. The molecule has 0 radical (unpaired) electrons. The largest absolute Gasteiger partial charge is 0.497 e. The molecule has 0 bridgehead atoms. The number of hydrogen-bond donors (Lipinski definition) is 1. The molecule has 1 heterocycles. The Morgan fingerprint density at radius 2 is 1.72 bits per heavy atom. The minimum Gasteiger partial charge on any atom is -0.497 e. The fourth-order valence-corrected chi connectivity index (χ4v) is 3.34. The lowest BCUT2D eigenvalue weighted by Crippen LogP contribution is -2.50. The Morgan fingerprint density at radius 1 is 1.04 bits per heavy atom. The van der Waals surface area contributed by atoms with Crippen LogP contribution in [0, 0.1) is 0 Å². The zero-order chi connectivity index (χ0) is 18.1. The molecule has 132 valence electrons. The second kappa shape index (κ2) is 6.79. The minimum atomic E-state index is -0.172. The molecule has 1 aliphatic rings. The summed E-state index contributed by atoms with van der Waals surface area (Å²) in [5, 5.41) is 3.15. The molecule has 0 aliphatic carbocycles. The molecule has 1 unspecified atom stereocenters. The number of methoxy groups -OCH3 is 1. The van der Waals surface area contributed by atoms with Gasteiger partial charge in [0.2, 0.25) is 0 Å². The molecule has 0 spiro atoms. The third-order valence-electron chi connectivity index (χ3n) is 4.74. The van der Waals surface area contributed by atoms with Crippen LogP contribution in [0.5, 0.6) is 5.75 Å². The van der Waals surface area contributed by atoms with Crippen molar-refractivity contribution < 1.29 is 9.53 Å². The van der Waals surface area contributed by atoms with Gasteiger partial charge >= 0.3 is 6.03 Å². The number of hydrogen-bond acceptors (Lipinski definition) is 2. The number of carbonyl (C=O) groups is 1. The maximum Gasteiger partial charge on any atom is 0.322 e. The second-order valence-electron chi connectivity index (χ2n) is 7.09. The summed E-state index contributed by atoms with van der Waals surface area (Å²) >= 11 is 0. The molecule has 1 atom stereocenters. The number of ether oxygens (including phenoxy) is 1. The lowest BCUT2D eigenvalue weighted by Gasteiger charge is -2.37. The van der Waals surface area contributed by atoms with E-state index in [2.05, 4.69) is 43.4 Å². The van der Waals surface area contributed by atoms with Crippen LogP contribution in [0.25, 0.3) is 0 Å². The summed E-state index contributed by atoms with van der Waals surface area (Å²) < 4.78 is 5.41. The average Bonchev–Trinajstić information content (AvgIpc) is 2.60. The van der Waals surface area contributed by atoms with E-state index in [-0.39, 0.29) is 18.1 Å². The molecule has 2 aromatic rings. The summed E-state index contributed by atoms with van der Waals surface area (Å²) in [6.45, 7) is 8.40. The number of fused-ring (bicyclic) bond motifs is 1. The van der Waals surface area contributed by atoms with E-state index in [0.29, 0.717) is 5.92 Å². The topological polar surface area (TPSA) is 41.6 Å². The molecule has 3 rings (SSSR count). The predicted molar refractivity (Wildman–Crippen MR) is 102 cm³/mol. The van der Waals surface area contributed by atoms with Gasteiger partial charge in [0.25, 0.3) is 0 Å². The van der Waals surface area contributed by atoms with E-state index in [4.69, 9.17) is 4.74 Å². The highest BCUT2D eigenvalue weighted by Gasteiger charge is 2.33. The fourth-order valence-electron chi connectivity index (χ4n) is 3.34. The predicted octanol–water partition coefficient (Wildman–Crippen LogP) is 4.85. The highest BCUT2D eigenvalue weighted by Crippen LogP contribution is 2.38. The summed E-state index contributed by atoms with van der Waals surface area (Å²) in [5.74, 6) is 1.28. The molecule has 2 amide bonds. The van der Waals surface area contributed by atoms with Crippen molar-refractivity contribution in [2.75, 3.05) is 12.0 Å². The van der Waals surface area contributed by atoms with Crippen molar-refractivity contribution in [2.45, 2.75) is 45.7 Å². The van der Waals surface area contributed by atoms with Crippen LogP contribution >= 0.6 is 0 Å². The van der Waals surface area contributed by atoms with Gasteiger partial charge in [-0.3, -0.25) is 4.90 Å². The summed E-state index contributed by atoms with van der Waals surface area (Å²) in [4.78, 5) is 14.5. The number of nitrogens with zero attached hydrogens (tertiary/aromatic N) is 1. The fraction of sp³-hybridized carbons (Fsp3) is 0.381. The van der Waals surface area contributed by atoms with Crippen molar-refractivity contribution in [1.29, 1.82) is 0 Å². The van der Waals surface area contributed by atoms with Crippen LogP contribution in [0.15, 0.2) is 42.5 Å². The molecule has 4 heteroatoms. The zero-order valence-corrected chi connectivity index (χ0v) is 15.5. The van der Waals surface area contributed by atoms with Gasteiger partial charge in [0.15, 0.2) is 0 Å². The molecule has 2 aromatic carbocycles. The Hall–Kier alpha value is -2.49. The molecule has 0 saturated heterocycles. The Labute approximate surface area is 149 Å². The molecule has 25 heavy (non-hydrogen) atoms. The standard InChI is InChI=1S/C21H26N2O2/c1-13(2)15-6-8-16(9-7-15)20-18-12-17(25-5)10-11-19(18)23(14(3)4)21(24)22-20/h6-14,20H,1-5H3,(H,22,24). The first-order valence-corrected chi connectivity index (χ1v) is 8.80. The van der Waals surface area contributed by atoms with Gasteiger partial charge in [-0.25, -0.2) is 4.79 Å². The Morgan fingerprint density at radius 3 is 2.28 bits per heavy atom. The smallest absolute Gasteiger partial charge is 0.322 e. The third-order valence-corrected chi connectivity index (χ3v) is 4.74. The highest BCUT2D eigenvalue weighted by atomic mass is 16.5. The highest BCUT2D eigenvalue weighted by molar-refractivity contribution is 5.96. The molecular weight excluding hydrogens is 312 g/mol. The molecule has 1 aliphatic heterocycles. The van der Waals surface area contributed by atoms with Gasteiger partial charge in [-0.05, 0) is 49.1 Å². The van der Waals surface area contributed by atoms with Gasteiger partial charge < -0.3 is 10.1 Å². The van der Waals surface area contributed by atoms with Crippen LogP contribution in [0.4, 0.5) is 10.5 Å². The van der Waals surface area contributed by atoms with E-state index < -0.39 is 0 Å². The van der Waals surface area contributed by atoms with E-state index in [9.17, 15) is 4.79 Å². The van der Waals surface area contributed by atoms with Crippen molar-refractivity contribution in [3.8, 4) is 5.75 Å². The van der Waals surface area contributed by atoms with Crippen LogP contribution < -0.4 is 15.0 Å². The van der Waals surface area contributed by atoms with Gasteiger partial charge in [-0.15, -0.1) is 0 Å². The van der Waals surface area contributed by atoms with Crippen LogP contribution in [-0.2, 0) is 0 Å². The first-order chi connectivity index (χ1) is 11.9. The Kier molecular flexibility index (Phi) is 4.71. The molecule has 4 nitrogen and oxygen atoms in total. The third kappa shape index (κ3) is 3.21. The zero-order valence-electron chi connectivity index (χ0n) is 15.5. The van der Waals surface area contributed by atoms with E-state index in [1.165, 1.54) is 5.56 Å². The van der Waals surface area contributed by atoms with Crippen LogP contribution in [0.1, 0.15) is 56.3 Å². The molecular formula is C21H26N2O2. The van der Waals surface area contributed by atoms with Crippen molar-refractivity contribution in [3.63, 3.8) is 0 Å². The number of rotatable bonds is 4. The summed E-state index contributed by atoms with van der Waals surface area (Å²) in [7, 11) is 1.66. The summed E-state index contributed by atoms with van der Waals surface area (Å²) in [5.41, 5.74) is 4.37. The molecule has 0 fully saturated rings. The monoisotopic (exact) mass is 338 g/mol. The van der Waals surface area contributed by atoms with E-state index in [1.807, 2.05) is 32.0 Å². The van der Waals surface area contributed by atoms with Crippen molar-refractivity contribution in [3.05, 3.63) is 59.2 Å². The maximum atomic E-state index is 12.7. The van der Waals surface area contributed by atoms with E-state index >= 15 is 0 Å². The van der Waals surface area contributed by atoms with Gasteiger partial charge in [0, 0.05) is 11.6 Å². The number of carbonyl (C=O) groups excluding carboxylic acids is 1. The van der Waals surface area contributed by atoms with Gasteiger partial charge in [0.1, 0.15) is 5.75 Å². The second-order valence-corrected chi connectivity index (χ2v) is 7.09. The molecule has 1 N–H and O–H groups in total. The molecule has 0 saturated carbocycles. The Balaban J connectivity index is 2.08. The first kappa shape index (κ1) is 17.3. The van der Waals surface area contributed by atoms with Gasteiger partial charge in [-0.1, -0.05) is 38.1 Å². The lowest BCUT2D eigenvalue weighted by molar-refractivity contribution is 0.241. The van der Waals surface area contributed by atoms with Crippen molar-refractivity contribution >= 4 is 11.7 Å². The number of urea groups is 1. The lowest BCUT2D eigenvalue weighted by atomic mass is 9.92. The van der Waals surface area contributed by atoms with Crippen LogP contribution in [0.3, 0.4) is 0 Å². The SMILES string of the molecule is COc1ccc2c(c1)C(c1ccc(C(C)C)cc1)NC(=O)N2C(C)C. The quantitative estimate of drug-likeness (QED) is 0.866. The summed E-state index contributed by atoms with van der Waals surface area (Å²) in [6.07, 6.45) is 0. The summed E-state index contributed by atoms with van der Waals surface area (Å²) in [6, 6.07) is 14.2. The van der Waals surface area contributed by atoms with Crippen molar-refractivity contribution in [2.24, 2.45) is 0 Å². The number of amides is 2. The first-order valence-electron chi connectivity index (χ1n) is 8.80. The number of nitrogens with one attached hydrogen (secondary N) is 1. The average molecular weight is 338 g/mol. The van der Waals surface area contributed by atoms with Gasteiger partial charge in [0.05, 0.1) is 18.8 Å². The normalized spacial score (nSPS) is 16.8. The van der Waals surface area contributed by atoms with E-state index in [0.717, 1.165) is 22.6 Å².